The van der Waals surface area contributed by atoms with Gasteiger partial charge in [-0.15, -0.1) is 0 Å². The molecule has 0 radical (unpaired) electrons. The van der Waals surface area contributed by atoms with E-state index in [2.05, 4.69) is 67.8 Å². The van der Waals surface area contributed by atoms with Crippen LogP contribution in [0.4, 0.5) is 11.8 Å². The first-order valence-electron chi connectivity index (χ1n) is 13.5. The fourth-order valence-electron chi connectivity index (χ4n) is 5.25. The number of hydrogen-bond acceptors (Lipinski definition) is 9. The van der Waals surface area contributed by atoms with E-state index in [1.165, 1.54) is 11.1 Å². The first-order chi connectivity index (χ1) is 19.1. The second-order valence-electron chi connectivity index (χ2n) is 10.2. The molecule has 10 nitrogen and oxygen atoms in total. The highest BCUT2D eigenvalue weighted by Gasteiger charge is 2.26. The van der Waals surface area contributed by atoms with Gasteiger partial charge in [0.1, 0.15) is 12.1 Å². The van der Waals surface area contributed by atoms with Gasteiger partial charge in [-0.25, -0.2) is 15.0 Å². The fraction of sp³-hybridized carbons (Fsp3) is 0.414. The van der Waals surface area contributed by atoms with Crippen LogP contribution in [0.1, 0.15) is 31.0 Å². The van der Waals surface area contributed by atoms with Gasteiger partial charge in [-0.1, -0.05) is 18.2 Å². The van der Waals surface area contributed by atoms with E-state index in [0.717, 1.165) is 85.9 Å². The first kappa shape index (κ1) is 25.2. The number of methoxy groups -OCH3 is 1. The Balaban J connectivity index is 1.14. The monoisotopic (exact) mass is 529 g/mol. The van der Waals surface area contributed by atoms with Crippen molar-refractivity contribution in [2.24, 2.45) is 0 Å². The van der Waals surface area contributed by atoms with Gasteiger partial charge in [0.25, 0.3) is 0 Å². The molecule has 0 bridgehead atoms. The molecule has 1 saturated heterocycles. The van der Waals surface area contributed by atoms with Gasteiger partial charge >= 0.3 is 0 Å². The average molecular weight is 530 g/mol. The standard InChI is InChI=1S/C29H35N7O3/c1-20(2)36-28-26(27(31-18-32-28)30-11-10-21-4-7-23(37-3)8-5-21)33-29(36)35-14-12-34(13-15-35)17-22-6-9-24-25(16-22)39-19-38-24/h4-9,16,18,20H,10-15,17,19H2,1-3H3,(H,30,31,32). The molecule has 0 saturated carbocycles. The van der Waals surface area contributed by atoms with Gasteiger partial charge in [0, 0.05) is 45.3 Å². The molecule has 0 unspecified atom stereocenters. The van der Waals surface area contributed by atoms with Crippen LogP contribution in [0, 0.1) is 0 Å². The summed E-state index contributed by atoms with van der Waals surface area (Å²) in [6.07, 6.45) is 2.50. The zero-order valence-corrected chi connectivity index (χ0v) is 22.8. The molecule has 204 valence electrons. The second kappa shape index (κ2) is 11.0. The molecule has 0 atom stereocenters. The molecular weight excluding hydrogens is 494 g/mol. The van der Waals surface area contributed by atoms with Crippen LogP contribution in [0.3, 0.4) is 0 Å². The Kier molecular flexibility index (Phi) is 7.10. The average Bonchev–Trinajstić information content (AvgIpc) is 3.59. The predicted octanol–water partition coefficient (Wildman–Crippen LogP) is 4.12. The third-order valence-corrected chi connectivity index (χ3v) is 7.34. The van der Waals surface area contributed by atoms with Crippen LogP contribution in [0.2, 0.25) is 0 Å². The maximum atomic E-state index is 5.55. The Hall–Kier alpha value is -4.05. The zero-order valence-electron chi connectivity index (χ0n) is 22.8. The molecule has 1 N–H and O–H groups in total. The molecule has 2 aliphatic heterocycles. The van der Waals surface area contributed by atoms with E-state index in [9.17, 15) is 0 Å². The number of aromatic nitrogens is 4. The lowest BCUT2D eigenvalue weighted by Crippen LogP contribution is -2.47. The number of nitrogens with zero attached hydrogens (tertiary/aromatic N) is 6. The number of benzene rings is 2. The van der Waals surface area contributed by atoms with Crippen LogP contribution in [0.25, 0.3) is 11.2 Å². The number of nitrogens with one attached hydrogen (secondary N) is 1. The summed E-state index contributed by atoms with van der Waals surface area (Å²) in [6.45, 7) is 10.0. The Bertz CT molecular complexity index is 1430. The van der Waals surface area contributed by atoms with Crippen molar-refractivity contribution in [2.75, 3.05) is 56.8 Å². The molecule has 4 heterocycles. The Labute approximate surface area is 228 Å². The van der Waals surface area contributed by atoms with Gasteiger partial charge in [-0.3, -0.25) is 9.47 Å². The van der Waals surface area contributed by atoms with Crippen LogP contribution in [0.15, 0.2) is 48.8 Å². The van der Waals surface area contributed by atoms with Gasteiger partial charge in [0.2, 0.25) is 12.7 Å². The van der Waals surface area contributed by atoms with Gasteiger partial charge in [-0.2, -0.15) is 0 Å². The molecule has 10 heteroatoms. The Morgan fingerprint density at radius 3 is 2.49 bits per heavy atom. The van der Waals surface area contributed by atoms with Crippen LogP contribution in [0.5, 0.6) is 17.2 Å². The summed E-state index contributed by atoms with van der Waals surface area (Å²) in [6, 6.07) is 14.6. The predicted molar refractivity (Wildman–Crippen MR) is 151 cm³/mol. The molecule has 39 heavy (non-hydrogen) atoms. The minimum Gasteiger partial charge on any atom is -0.497 e. The van der Waals surface area contributed by atoms with Gasteiger partial charge in [-0.05, 0) is 55.7 Å². The highest BCUT2D eigenvalue weighted by atomic mass is 16.7. The van der Waals surface area contributed by atoms with Gasteiger partial charge in [0.15, 0.2) is 28.5 Å². The quantitative estimate of drug-likeness (QED) is 0.344. The highest BCUT2D eigenvalue weighted by Crippen LogP contribution is 2.33. The van der Waals surface area contributed by atoms with E-state index in [1.807, 2.05) is 18.2 Å². The summed E-state index contributed by atoms with van der Waals surface area (Å²) in [5.41, 5.74) is 4.16. The number of imidazole rings is 1. The third kappa shape index (κ3) is 5.29. The number of piperazine rings is 1. The molecule has 4 aromatic rings. The van der Waals surface area contributed by atoms with Crippen molar-refractivity contribution in [1.29, 1.82) is 0 Å². The molecule has 1 fully saturated rings. The van der Waals surface area contributed by atoms with Crippen molar-refractivity contribution in [2.45, 2.75) is 32.9 Å². The normalized spacial score (nSPS) is 15.3. The fourth-order valence-corrected chi connectivity index (χ4v) is 5.25. The molecular formula is C29H35N7O3. The smallest absolute Gasteiger partial charge is 0.231 e. The zero-order chi connectivity index (χ0) is 26.8. The van der Waals surface area contributed by atoms with Crippen LogP contribution in [-0.4, -0.2) is 71.0 Å². The van der Waals surface area contributed by atoms with E-state index in [0.29, 0.717) is 6.79 Å². The summed E-state index contributed by atoms with van der Waals surface area (Å²) >= 11 is 0. The molecule has 0 aliphatic carbocycles. The van der Waals surface area contributed by atoms with Crippen molar-refractivity contribution >= 4 is 22.9 Å². The molecule has 0 amide bonds. The third-order valence-electron chi connectivity index (χ3n) is 7.34. The topological polar surface area (TPSA) is 89.8 Å². The molecule has 2 aromatic carbocycles. The van der Waals surface area contributed by atoms with Crippen LogP contribution < -0.4 is 24.4 Å². The van der Waals surface area contributed by atoms with Crippen molar-refractivity contribution in [3.63, 3.8) is 0 Å². The van der Waals surface area contributed by atoms with E-state index in [-0.39, 0.29) is 6.04 Å². The van der Waals surface area contributed by atoms with E-state index >= 15 is 0 Å². The molecule has 2 aromatic heterocycles. The molecule has 6 rings (SSSR count). The summed E-state index contributed by atoms with van der Waals surface area (Å²) in [5.74, 6) is 4.27. The number of anilines is 2. The van der Waals surface area contributed by atoms with Gasteiger partial charge in [0.05, 0.1) is 7.11 Å². The first-order valence-corrected chi connectivity index (χ1v) is 13.5. The SMILES string of the molecule is COc1ccc(CCNc2ncnc3c2nc(N2CCN(Cc4ccc5c(c4)OCO5)CC2)n3C(C)C)cc1. The number of ether oxygens (including phenoxy) is 3. The minimum absolute atomic E-state index is 0.221. The van der Waals surface area contributed by atoms with Crippen LogP contribution in [-0.2, 0) is 13.0 Å². The lowest BCUT2D eigenvalue weighted by Gasteiger charge is -2.35. The van der Waals surface area contributed by atoms with Crippen molar-refractivity contribution in [1.82, 2.24) is 24.4 Å². The van der Waals surface area contributed by atoms with E-state index in [1.54, 1.807) is 13.4 Å². The lowest BCUT2D eigenvalue weighted by molar-refractivity contribution is 0.174. The largest absolute Gasteiger partial charge is 0.497 e. The lowest BCUT2D eigenvalue weighted by atomic mass is 10.1. The van der Waals surface area contributed by atoms with Crippen molar-refractivity contribution < 1.29 is 14.2 Å². The summed E-state index contributed by atoms with van der Waals surface area (Å²) < 4.78 is 18.5. The Morgan fingerprint density at radius 2 is 1.72 bits per heavy atom. The number of rotatable bonds is 9. The second-order valence-corrected chi connectivity index (χ2v) is 10.2. The van der Waals surface area contributed by atoms with E-state index < -0.39 is 0 Å². The van der Waals surface area contributed by atoms with Crippen molar-refractivity contribution in [3.8, 4) is 17.2 Å². The van der Waals surface area contributed by atoms with Crippen LogP contribution >= 0.6 is 0 Å². The highest BCUT2D eigenvalue weighted by molar-refractivity contribution is 5.85. The molecule has 2 aliphatic rings. The summed E-state index contributed by atoms with van der Waals surface area (Å²) in [5, 5.41) is 3.50. The molecule has 0 spiro atoms. The van der Waals surface area contributed by atoms with Crippen molar-refractivity contribution in [3.05, 3.63) is 59.9 Å². The maximum absolute atomic E-state index is 5.55. The minimum atomic E-state index is 0.221. The summed E-state index contributed by atoms with van der Waals surface area (Å²) in [7, 11) is 1.68. The Morgan fingerprint density at radius 1 is 0.949 bits per heavy atom. The number of fused-ring (bicyclic) bond motifs is 2. The van der Waals surface area contributed by atoms with E-state index in [4.69, 9.17) is 19.2 Å². The van der Waals surface area contributed by atoms with Gasteiger partial charge < -0.3 is 24.4 Å². The number of hydrogen-bond donors (Lipinski definition) is 1. The summed E-state index contributed by atoms with van der Waals surface area (Å²) in [4.78, 5) is 19.1. The maximum Gasteiger partial charge on any atom is 0.231 e.